The number of carbonyl (C=O) groups is 1. The Hall–Kier alpha value is -1.55. The van der Waals surface area contributed by atoms with Gasteiger partial charge in [-0.15, -0.1) is 0 Å². The van der Waals surface area contributed by atoms with Crippen molar-refractivity contribution in [1.82, 2.24) is 0 Å². The van der Waals surface area contributed by atoms with Gasteiger partial charge >= 0.3 is 5.97 Å². The molecule has 2 saturated carbocycles. The zero-order valence-corrected chi connectivity index (χ0v) is 20.9. The van der Waals surface area contributed by atoms with Crippen molar-refractivity contribution >= 4 is 14.3 Å². The normalized spacial score (nSPS) is 27.5. The van der Waals surface area contributed by atoms with Crippen LogP contribution in [-0.2, 0) is 14.0 Å². The third-order valence-electron chi connectivity index (χ3n) is 7.80. The predicted molar refractivity (Wildman–Crippen MR) is 129 cm³/mol. The van der Waals surface area contributed by atoms with Crippen LogP contribution in [0, 0.1) is 17.3 Å². The highest BCUT2D eigenvalue weighted by atomic mass is 28.4. The van der Waals surface area contributed by atoms with E-state index in [-0.39, 0.29) is 17.5 Å². The number of hydrogen-bond acceptors (Lipinski definition) is 3. The Morgan fingerprint density at radius 3 is 2.37 bits per heavy atom. The van der Waals surface area contributed by atoms with Crippen molar-refractivity contribution in [2.24, 2.45) is 17.3 Å². The highest BCUT2D eigenvalue weighted by Gasteiger charge is 2.55. The maximum atomic E-state index is 12.1. The minimum atomic E-state index is -1.78. The number of fused-ring (bicyclic) bond motifs is 2. The third-order valence-corrected chi connectivity index (χ3v) is 12.3. The molecule has 3 nitrogen and oxygen atoms in total. The SMILES string of the molecule is C=C/C(=C/CC(OC(C)=O)[C@@]12CC(=C)[C@H](CC[C@H]1C(=C)C)C2)O[Si](CC)(CC)CC. The van der Waals surface area contributed by atoms with Crippen LogP contribution in [0.4, 0.5) is 0 Å². The molecule has 4 heteroatoms. The molecule has 30 heavy (non-hydrogen) atoms. The van der Waals surface area contributed by atoms with Gasteiger partial charge in [0.15, 0.2) is 0 Å². The van der Waals surface area contributed by atoms with E-state index >= 15 is 0 Å². The maximum absolute atomic E-state index is 12.1. The molecule has 4 atom stereocenters. The molecule has 0 amide bonds. The predicted octanol–water partition coefficient (Wildman–Crippen LogP) is 7.34. The lowest BCUT2D eigenvalue weighted by Crippen LogP contribution is -2.44. The van der Waals surface area contributed by atoms with Crippen LogP contribution in [0.2, 0.25) is 18.1 Å². The Bertz CT molecular complexity index is 695. The topological polar surface area (TPSA) is 35.5 Å². The molecule has 2 aliphatic rings. The lowest BCUT2D eigenvalue weighted by molar-refractivity contribution is -0.157. The van der Waals surface area contributed by atoms with Crippen LogP contribution >= 0.6 is 0 Å². The van der Waals surface area contributed by atoms with Crippen LogP contribution in [0.25, 0.3) is 0 Å². The van der Waals surface area contributed by atoms with Gasteiger partial charge in [0.05, 0.1) is 5.76 Å². The molecule has 0 aromatic carbocycles. The van der Waals surface area contributed by atoms with Crippen LogP contribution in [0.5, 0.6) is 0 Å². The average molecular weight is 431 g/mol. The minimum absolute atomic E-state index is 0.102. The van der Waals surface area contributed by atoms with E-state index in [4.69, 9.17) is 9.16 Å². The maximum Gasteiger partial charge on any atom is 0.302 e. The minimum Gasteiger partial charge on any atom is -0.544 e. The highest BCUT2D eigenvalue weighted by molar-refractivity contribution is 6.73. The van der Waals surface area contributed by atoms with Crippen LogP contribution in [0.15, 0.2) is 48.8 Å². The van der Waals surface area contributed by atoms with Crippen molar-refractivity contribution in [3.8, 4) is 0 Å². The molecule has 2 rings (SSSR count). The van der Waals surface area contributed by atoms with Gasteiger partial charge in [0.25, 0.3) is 0 Å². The van der Waals surface area contributed by atoms with Gasteiger partial charge < -0.3 is 9.16 Å². The Morgan fingerprint density at radius 2 is 1.87 bits per heavy atom. The summed E-state index contributed by atoms with van der Waals surface area (Å²) in [6.45, 7) is 23.0. The molecule has 0 aromatic heterocycles. The zero-order chi connectivity index (χ0) is 22.5. The quantitative estimate of drug-likeness (QED) is 0.113. The first-order valence-corrected chi connectivity index (χ1v) is 14.2. The molecule has 0 spiro atoms. The van der Waals surface area contributed by atoms with Gasteiger partial charge in [0.2, 0.25) is 8.32 Å². The van der Waals surface area contributed by atoms with E-state index in [2.05, 4.69) is 53.5 Å². The fraction of sp³-hybridized carbons (Fsp3) is 0.654. The summed E-state index contributed by atoms with van der Waals surface area (Å²) in [6.07, 6.45) is 8.60. The Labute approximate surface area is 185 Å². The smallest absolute Gasteiger partial charge is 0.302 e. The summed E-state index contributed by atoms with van der Waals surface area (Å²) in [7, 11) is -1.78. The lowest BCUT2D eigenvalue weighted by Gasteiger charge is -2.46. The molecular formula is C26H42O3Si. The van der Waals surface area contributed by atoms with E-state index in [9.17, 15) is 4.79 Å². The van der Waals surface area contributed by atoms with Crippen LogP contribution < -0.4 is 0 Å². The summed E-state index contributed by atoms with van der Waals surface area (Å²) in [6, 6.07) is 3.26. The molecule has 168 valence electrons. The molecule has 0 aromatic rings. The van der Waals surface area contributed by atoms with Crippen molar-refractivity contribution < 1.29 is 14.0 Å². The molecule has 0 radical (unpaired) electrons. The second-order valence-corrected chi connectivity index (χ2v) is 14.1. The molecule has 2 fully saturated rings. The second-order valence-electron chi connectivity index (χ2n) is 9.44. The molecule has 2 aliphatic carbocycles. The number of carbonyl (C=O) groups excluding carboxylic acids is 1. The van der Waals surface area contributed by atoms with Gasteiger partial charge in [-0.3, -0.25) is 4.79 Å². The zero-order valence-electron chi connectivity index (χ0n) is 19.9. The third kappa shape index (κ3) is 5.01. The van der Waals surface area contributed by atoms with E-state index in [1.165, 1.54) is 24.5 Å². The fourth-order valence-electron chi connectivity index (χ4n) is 5.88. The van der Waals surface area contributed by atoms with Crippen molar-refractivity contribution in [3.63, 3.8) is 0 Å². The number of esters is 1. The molecule has 0 aliphatic heterocycles. The summed E-state index contributed by atoms with van der Waals surface area (Å²) < 4.78 is 12.6. The molecule has 2 bridgehead atoms. The van der Waals surface area contributed by atoms with Crippen molar-refractivity contribution in [2.45, 2.75) is 91.0 Å². The highest BCUT2D eigenvalue weighted by Crippen LogP contribution is 2.61. The van der Waals surface area contributed by atoms with Gasteiger partial charge in [-0.2, -0.15) is 0 Å². The Morgan fingerprint density at radius 1 is 1.23 bits per heavy atom. The summed E-state index contributed by atoms with van der Waals surface area (Å²) in [5.74, 6) is 1.52. The molecule has 1 unspecified atom stereocenters. The van der Waals surface area contributed by atoms with Gasteiger partial charge in [-0.1, -0.05) is 51.7 Å². The summed E-state index contributed by atoms with van der Waals surface area (Å²) >= 11 is 0. The average Bonchev–Trinajstić information content (AvgIpc) is 2.97. The Balaban J connectivity index is 2.36. The van der Waals surface area contributed by atoms with Crippen molar-refractivity contribution in [2.75, 3.05) is 0 Å². The van der Waals surface area contributed by atoms with Crippen LogP contribution in [0.1, 0.15) is 66.7 Å². The van der Waals surface area contributed by atoms with Crippen LogP contribution in [-0.4, -0.2) is 20.4 Å². The van der Waals surface area contributed by atoms with Crippen LogP contribution in [0.3, 0.4) is 0 Å². The molecular weight excluding hydrogens is 388 g/mol. The Kier molecular flexibility index (Phi) is 8.38. The van der Waals surface area contributed by atoms with E-state index < -0.39 is 8.32 Å². The lowest BCUT2D eigenvalue weighted by atomic mass is 9.61. The first-order chi connectivity index (χ1) is 14.2. The fourth-order valence-corrected chi connectivity index (χ4v) is 8.48. The monoisotopic (exact) mass is 430 g/mol. The standard InChI is InChI=1S/C26H42O3Si/c1-9-23(29-30(10-2,11-3)12-4)14-16-25(28-21(8)27)26-17-20(7)22(18-26)13-15-24(26)19(5)6/h9,14,22,24-25H,1,5,7,10-13,15-18H2,2-4,6,8H3/b23-14-/t22-,24+,25?,26-/m1/s1. The first-order valence-electron chi connectivity index (χ1n) is 11.7. The van der Waals surface area contributed by atoms with E-state index in [0.717, 1.165) is 43.2 Å². The van der Waals surface area contributed by atoms with Crippen molar-refractivity contribution in [1.29, 1.82) is 0 Å². The van der Waals surface area contributed by atoms with Gasteiger partial charge in [0.1, 0.15) is 6.10 Å². The van der Waals surface area contributed by atoms with E-state index in [1.54, 1.807) is 0 Å². The number of hydrogen-bond donors (Lipinski definition) is 0. The summed E-state index contributed by atoms with van der Waals surface area (Å²) in [5.41, 5.74) is 2.41. The number of rotatable bonds is 11. The van der Waals surface area contributed by atoms with Crippen molar-refractivity contribution in [3.05, 3.63) is 48.8 Å². The molecule has 0 heterocycles. The largest absolute Gasteiger partial charge is 0.544 e. The first kappa shape index (κ1) is 24.7. The van der Waals surface area contributed by atoms with Gasteiger partial charge in [-0.05, 0) is 74.7 Å². The molecule has 0 N–H and O–H groups in total. The summed E-state index contributed by atoms with van der Waals surface area (Å²) in [5, 5.41) is 0. The van der Waals surface area contributed by atoms with E-state index in [1.807, 2.05) is 6.08 Å². The van der Waals surface area contributed by atoms with E-state index in [0.29, 0.717) is 18.3 Å². The van der Waals surface area contributed by atoms with Gasteiger partial charge in [0, 0.05) is 18.8 Å². The number of ether oxygens (including phenoxy) is 1. The summed E-state index contributed by atoms with van der Waals surface area (Å²) in [4.78, 5) is 12.1. The van der Waals surface area contributed by atoms with Gasteiger partial charge in [-0.25, -0.2) is 0 Å². The second kappa shape index (κ2) is 10.2. The number of allylic oxidation sites excluding steroid dienone is 3. The molecule has 0 saturated heterocycles.